The van der Waals surface area contributed by atoms with Crippen LogP contribution in [-0.2, 0) is 12.8 Å². The van der Waals surface area contributed by atoms with E-state index >= 15 is 0 Å². The lowest BCUT2D eigenvalue weighted by Gasteiger charge is -2.20. The van der Waals surface area contributed by atoms with Crippen molar-refractivity contribution in [3.63, 3.8) is 0 Å². The Bertz CT molecular complexity index is 1160. The van der Waals surface area contributed by atoms with Gasteiger partial charge in [-0.3, -0.25) is 9.97 Å². The molecule has 2 heteroatoms. The van der Waals surface area contributed by atoms with Gasteiger partial charge in [0, 0.05) is 24.2 Å². The number of rotatable bonds is 2. The van der Waals surface area contributed by atoms with Gasteiger partial charge in [0.15, 0.2) is 0 Å². The van der Waals surface area contributed by atoms with E-state index in [1.165, 1.54) is 44.2 Å². The maximum absolute atomic E-state index is 4.83. The van der Waals surface area contributed by atoms with E-state index in [0.29, 0.717) is 5.92 Å². The van der Waals surface area contributed by atoms with Crippen molar-refractivity contribution in [1.82, 2.24) is 9.97 Å². The number of pyridine rings is 2. The molecule has 27 heavy (non-hydrogen) atoms. The highest BCUT2D eigenvalue weighted by atomic mass is 14.7. The highest BCUT2D eigenvalue weighted by molar-refractivity contribution is 5.91. The lowest BCUT2D eigenvalue weighted by molar-refractivity contribution is 0.876. The molecule has 1 aliphatic rings. The number of aryl methyl sites for hydroxylation is 2. The molecular weight excluding hydrogens is 328 g/mol. The zero-order chi connectivity index (χ0) is 18.4. The van der Waals surface area contributed by atoms with Crippen molar-refractivity contribution in [2.24, 2.45) is 0 Å². The predicted octanol–water partition coefficient (Wildman–Crippen LogP) is 6.19. The number of hydrogen-bond donors (Lipinski definition) is 0. The molecular formula is C25H22N2. The van der Waals surface area contributed by atoms with Gasteiger partial charge in [-0.25, -0.2) is 0 Å². The first-order valence-corrected chi connectivity index (χ1v) is 9.66. The summed E-state index contributed by atoms with van der Waals surface area (Å²) >= 11 is 0. The maximum atomic E-state index is 4.83. The van der Waals surface area contributed by atoms with Crippen molar-refractivity contribution in [2.75, 3.05) is 0 Å². The Morgan fingerprint density at radius 3 is 2.52 bits per heavy atom. The average Bonchev–Trinajstić information content (AvgIpc) is 2.72. The molecule has 2 aromatic heterocycles. The van der Waals surface area contributed by atoms with Crippen LogP contribution in [0, 0.1) is 0 Å². The van der Waals surface area contributed by atoms with Gasteiger partial charge >= 0.3 is 0 Å². The normalized spacial score (nSPS) is 12.9. The van der Waals surface area contributed by atoms with Crippen LogP contribution in [0.1, 0.15) is 36.5 Å². The first kappa shape index (κ1) is 16.2. The molecule has 4 aromatic rings. The quantitative estimate of drug-likeness (QED) is 0.431. The molecule has 0 saturated carbocycles. The second-order valence-electron chi connectivity index (χ2n) is 7.70. The van der Waals surface area contributed by atoms with Gasteiger partial charge < -0.3 is 0 Å². The molecule has 0 N–H and O–H groups in total. The summed E-state index contributed by atoms with van der Waals surface area (Å²) in [4.78, 5) is 9.13. The average molecular weight is 350 g/mol. The highest BCUT2D eigenvalue weighted by Crippen LogP contribution is 2.36. The summed E-state index contributed by atoms with van der Waals surface area (Å²) < 4.78 is 0. The number of nitrogens with zero attached hydrogens (tertiary/aromatic N) is 2. The molecule has 0 bridgehead atoms. The molecule has 0 amide bonds. The molecule has 2 nitrogen and oxygen atoms in total. The first-order chi connectivity index (χ1) is 13.2. The molecule has 0 unspecified atom stereocenters. The summed E-state index contributed by atoms with van der Waals surface area (Å²) in [7, 11) is 0. The van der Waals surface area contributed by atoms with Crippen molar-refractivity contribution in [3.05, 3.63) is 83.8 Å². The maximum Gasteiger partial charge on any atom is 0.0708 e. The van der Waals surface area contributed by atoms with E-state index in [2.05, 4.69) is 73.6 Å². The summed E-state index contributed by atoms with van der Waals surface area (Å²) in [5.41, 5.74) is 8.91. The number of benzene rings is 2. The van der Waals surface area contributed by atoms with E-state index < -0.39 is 0 Å². The Kier molecular flexibility index (Phi) is 3.78. The predicted molar refractivity (Wildman–Crippen MR) is 112 cm³/mol. The minimum absolute atomic E-state index is 0.472. The van der Waals surface area contributed by atoms with Crippen molar-refractivity contribution < 1.29 is 0 Å². The Hall–Kier alpha value is -3.00. The van der Waals surface area contributed by atoms with Crippen LogP contribution in [0.2, 0.25) is 0 Å². The molecule has 0 fully saturated rings. The summed E-state index contributed by atoms with van der Waals surface area (Å²) in [5, 5.41) is 2.62. The number of aromatic nitrogens is 2. The zero-order valence-corrected chi connectivity index (χ0v) is 15.7. The van der Waals surface area contributed by atoms with Gasteiger partial charge in [0.25, 0.3) is 0 Å². The lowest BCUT2D eigenvalue weighted by atomic mass is 9.86. The Labute approximate surface area is 159 Å². The minimum Gasteiger partial charge on any atom is -0.264 e. The van der Waals surface area contributed by atoms with E-state index in [1.54, 1.807) is 0 Å². The second-order valence-corrected chi connectivity index (χ2v) is 7.70. The van der Waals surface area contributed by atoms with Crippen LogP contribution in [0.15, 0.2) is 67.1 Å². The molecule has 0 radical (unpaired) electrons. The second kappa shape index (κ2) is 6.31. The summed E-state index contributed by atoms with van der Waals surface area (Å²) in [6.07, 6.45) is 8.05. The van der Waals surface area contributed by atoms with E-state index in [1.807, 2.05) is 12.4 Å². The Morgan fingerprint density at radius 2 is 1.67 bits per heavy atom. The molecule has 2 heterocycles. The molecule has 132 valence electrons. The zero-order valence-electron chi connectivity index (χ0n) is 15.7. The fourth-order valence-corrected chi connectivity index (χ4v) is 4.22. The Balaban J connectivity index is 1.71. The number of hydrogen-bond acceptors (Lipinski definition) is 2. The SMILES string of the molecule is CC(C)c1cc(-c2cc3c(cn2)CCc2cnccc2-3)cc2ccccc12. The summed E-state index contributed by atoms with van der Waals surface area (Å²) in [5.74, 6) is 0.472. The Morgan fingerprint density at radius 1 is 0.852 bits per heavy atom. The smallest absolute Gasteiger partial charge is 0.0708 e. The molecule has 0 atom stereocenters. The first-order valence-electron chi connectivity index (χ1n) is 9.66. The van der Waals surface area contributed by atoms with Gasteiger partial charge in [-0.1, -0.05) is 38.1 Å². The van der Waals surface area contributed by atoms with Gasteiger partial charge in [0.1, 0.15) is 0 Å². The molecule has 0 aliphatic heterocycles. The summed E-state index contributed by atoms with van der Waals surface area (Å²) in [6, 6.07) is 17.6. The van der Waals surface area contributed by atoms with E-state index in [9.17, 15) is 0 Å². The topological polar surface area (TPSA) is 25.8 Å². The third kappa shape index (κ3) is 2.73. The molecule has 5 rings (SSSR count). The van der Waals surface area contributed by atoms with Crippen LogP contribution in [-0.4, -0.2) is 9.97 Å². The molecule has 2 aromatic carbocycles. The molecule has 0 saturated heterocycles. The lowest BCUT2D eigenvalue weighted by Crippen LogP contribution is -2.05. The van der Waals surface area contributed by atoms with Crippen LogP contribution >= 0.6 is 0 Å². The fourth-order valence-electron chi connectivity index (χ4n) is 4.22. The van der Waals surface area contributed by atoms with Crippen molar-refractivity contribution in [2.45, 2.75) is 32.6 Å². The van der Waals surface area contributed by atoms with Crippen molar-refractivity contribution >= 4 is 10.8 Å². The standard InChI is InChI=1S/C25H22N2/c1-16(2)23-12-20(11-17-5-3-4-6-21(17)23)25-13-24-19(15-27-25)8-7-18-14-26-10-9-22(18)24/h3-6,9-16H,7-8H2,1-2H3. The molecule has 0 spiro atoms. The largest absolute Gasteiger partial charge is 0.264 e. The molecule has 1 aliphatic carbocycles. The van der Waals surface area contributed by atoms with Gasteiger partial charge in [0.05, 0.1) is 5.69 Å². The number of fused-ring (bicyclic) bond motifs is 4. The van der Waals surface area contributed by atoms with Gasteiger partial charge in [-0.05, 0) is 81.6 Å². The van der Waals surface area contributed by atoms with Gasteiger partial charge in [-0.15, -0.1) is 0 Å². The highest BCUT2D eigenvalue weighted by Gasteiger charge is 2.18. The summed E-state index contributed by atoms with van der Waals surface area (Å²) in [6.45, 7) is 4.52. The van der Waals surface area contributed by atoms with Crippen LogP contribution in [0.5, 0.6) is 0 Å². The fraction of sp³-hybridized carbons (Fsp3) is 0.200. The third-order valence-corrected chi connectivity index (χ3v) is 5.66. The van der Waals surface area contributed by atoms with Crippen LogP contribution in [0.3, 0.4) is 0 Å². The van der Waals surface area contributed by atoms with E-state index in [0.717, 1.165) is 18.5 Å². The van der Waals surface area contributed by atoms with Crippen LogP contribution in [0.25, 0.3) is 33.2 Å². The van der Waals surface area contributed by atoms with Gasteiger partial charge in [-0.2, -0.15) is 0 Å². The third-order valence-electron chi connectivity index (χ3n) is 5.66. The van der Waals surface area contributed by atoms with Crippen molar-refractivity contribution in [3.8, 4) is 22.4 Å². The van der Waals surface area contributed by atoms with Crippen molar-refractivity contribution in [1.29, 1.82) is 0 Å². The van der Waals surface area contributed by atoms with Crippen LogP contribution in [0.4, 0.5) is 0 Å². The minimum atomic E-state index is 0.472. The monoisotopic (exact) mass is 350 g/mol. The van der Waals surface area contributed by atoms with E-state index in [4.69, 9.17) is 4.98 Å². The van der Waals surface area contributed by atoms with E-state index in [-0.39, 0.29) is 0 Å². The van der Waals surface area contributed by atoms with Crippen LogP contribution < -0.4 is 0 Å². The van der Waals surface area contributed by atoms with Gasteiger partial charge in [0.2, 0.25) is 0 Å².